The Labute approximate surface area is 77.1 Å². The van der Waals surface area contributed by atoms with Crippen molar-refractivity contribution in [2.45, 2.75) is 37.9 Å². The van der Waals surface area contributed by atoms with Crippen molar-refractivity contribution in [3.63, 3.8) is 0 Å². The molecule has 0 aromatic heterocycles. The molecule has 1 rings (SSSR count). The van der Waals surface area contributed by atoms with Crippen LogP contribution in [-0.2, 0) is 14.3 Å². The highest BCUT2D eigenvalue weighted by Crippen LogP contribution is 2.29. The van der Waals surface area contributed by atoms with Crippen LogP contribution >= 0.6 is 0 Å². The molecular weight excluding hydrogens is 172 g/mol. The van der Waals surface area contributed by atoms with E-state index in [0.717, 1.165) is 0 Å². The molecule has 0 radical (unpaired) electrons. The average Bonchev–Trinajstić information content (AvgIpc) is 2.39. The molecule has 0 aromatic carbocycles. The highest BCUT2D eigenvalue weighted by atomic mass is 16.8. The predicted molar refractivity (Wildman–Crippen MR) is 46.1 cm³/mol. The molecular formula is C9H14O4. The quantitative estimate of drug-likeness (QED) is 0.507. The van der Waals surface area contributed by atoms with Gasteiger partial charge in [-0.1, -0.05) is 6.08 Å². The molecule has 1 aliphatic heterocycles. The molecule has 1 heterocycles. The Hall–Kier alpha value is -0.710. The summed E-state index contributed by atoms with van der Waals surface area (Å²) in [5, 5.41) is 9.27. The van der Waals surface area contributed by atoms with Gasteiger partial charge in [0.05, 0.1) is 0 Å². The predicted octanol–water partition coefficient (Wildman–Crippen LogP) is 0.252. The van der Waals surface area contributed by atoms with Crippen LogP contribution in [0.25, 0.3) is 0 Å². The van der Waals surface area contributed by atoms with Crippen molar-refractivity contribution < 1.29 is 19.4 Å². The molecule has 4 heteroatoms. The Bertz CT molecular complexity index is 212. The van der Waals surface area contributed by atoms with Gasteiger partial charge in [0.25, 0.3) is 0 Å². The van der Waals surface area contributed by atoms with Crippen LogP contribution in [0.3, 0.4) is 0 Å². The number of aldehydes is 1. The summed E-state index contributed by atoms with van der Waals surface area (Å²) in [6.07, 6.45) is -0.289. The van der Waals surface area contributed by atoms with Crippen LogP contribution in [-0.4, -0.2) is 35.5 Å². The molecule has 3 atom stereocenters. The number of carbonyl (C=O) groups is 1. The summed E-state index contributed by atoms with van der Waals surface area (Å²) in [5.74, 6) is -0.770. The normalized spacial score (nSPS) is 34.1. The van der Waals surface area contributed by atoms with Crippen molar-refractivity contribution in [3.8, 4) is 0 Å². The maximum absolute atomic E-state index is 10.3. The van der Waals surface area contributed by atoms with Crippen LogP contribution in [0.5, 0.6) is 0 Å². The van der Waals surface area contributed by atoms with Crippen LogP contribution in [0.15, 0.2) is 12.7 Å². The van der Waals surface area contributed by atoms with E-state index in [1.165, 1.54) is 6.08 Å². The van der Waals surface area contributed by atoms with E-state index in [2.05, 4.69) is 6.58 Å². The molecule has 74 valence electrons. The summed E-state index contributed by atoms with van der Waals surface area (Å²) in [6, 6.07) is 0. The van der Waals surface area contributed by atoms with Crippen LogP contribution in [0, 0.1) is 0 Å². The number of hydrogen-bond acceptors (Lipinski definition) is 4. The summed E-state index contributed by atoms with van der Waals surface area (Å²) >= 11 is 0. The van der Waals surface area contributed by atoms with Gasteiger partial charge in [-0.25, -0.2) is 0 Å². The van der Waals surface area contributed by atoms with Crippen LogP contribution in [0.2, 0.25) is 0 Å². The minimum atomic E-state index is -1.16. The Morgan fingerprint density at radius 3 is 2.62 bits per heavy atom. The highest BCUT2D eigenvalue weighted by Gasteiger charge is 2.43. The first-order valence-electron chi connectivity index (χ1n) is 4.12. The number of hydrogen-bond donors (Lipinski definition) is 1. The number of aliphatic hydroxyl groups is 1. The molecule has 0 aromatic rings. The lowest BCUT2D eigenvalue weighted by atomic mass is 10.1. The van der Waals surface area contributed by atoms with E-state index in [9.17, 15) is 9.90 Å². The first kappa shape index (κ1) is 10.4. The molecule has 0 bridgehead atoms. The van der Waals surface area contributed by atoms with Gasteiger partial charge < -0.3 is 19.4 Å². The second-order valence-corrected chi connectivity index (χ2v) is 3.43. The zero-order chi connectivity index (χ0) is 10.1. The molecule has 0 aliphatic carbocycles. The topological polar surface area (TPSA) is 55.8 Å². The maximum Gasteiger partial charge on any atom is 0.164 e. The van der Waals surface area contributed by atoms with Crippen LogP contribution in [0.1, 0.15) is 13.8 Å². The summed E-state index contributed by atoms with van der Waals surface area (Å²) < 4.78 is 10.7. The van der Waals surface area contributed by atoms with E-state index < -0.39 is 24.1 Å². The lowest BCUT2D eigenvalue weighted by molar-refractivity contribution is -0.155. The largest absolute Gasteiger partial charge is 0.383 e. The van der Waals surface area contributed by atoms with Gasteiger partial charge in [0.15, 0.2) is 12.1 Å². The van der Waals surface area contributed by atoms with E-state index in [0.29, 0.717) is 6.29 Å². The zero-order valence-electron chi connectivity index (χ0n) is 7.77. The first-order valence-corrected chi connectivity index (χ1v) is 4.12. The average molecular weight is 186 g/mol. The van der Waals surface area contributed by atoms with Gasteiger partial charge in [-0.05, 0) is 13.8 Å². The maximum atomic E-state index is 10.3. The molecule has 1 saturated heterocycles. The fraction of sp³-hybridized carbons (Fsp3) is 0.667. The van der Waals surface area contributed by atoms with Gasteiger partial charge in [0.2, 0.25) is 0 Å². The Balaban J connectivity index is 2.74. The molecule has 13 heavy (non-hydrogen) atoms. The van der Waals surface area contributed by atoms with E-state index in [1.807, 2.05) is 0 Å². The number of ether oxygens (including phenoxy) is 2. The van der Waals surface area contributed by atoms with E-state index in [-0.39, 0.29) is 0 Å². The van der Waals surface area contributed by atoms with Gasteiger partial charge in [0, 0.05) is 0 Å². The summed E-state index contributed by atoms with van der Waals surface area (Å²) in [7, 11) is 0. The molecule has 1 N–H and O–H groups in total. The van der Waals surface area contributed by atoms with Gasteiger partial charge in [0.1, 0.15) is 18.3 Å². The minimum Gasteiger partial charge on any atom is -0.383 e. The van der Waals surface area contributed by atoms with Gasteiger partial charge >= 0.3 is 0 Å². The first-order chi connectivity index (χ1) is 6.00. The Morgan fingerprint density at radius 1 is 1.54 bits per heavy atom. The summed E-state index contributed by atoms with van der Waals surface area (Å²) in [4.78, 5) is 10.3. The van der Waals surface area contributed by atoms with Gasteiger partial charge in [-0.3, -0.25) is 0 Å². The Kier molecular flexibility index (Phi) is 2.85. The second-order valence-electron chi connectivity index (χ2n) is 3.43. The molecule has 0 saturated carbocycles. The SMILES string of the molecule is C=CC1OC(C)(C)OC1C(O)C=O. The Morgan fingerprint density at radius 2 is 2.15 bits per heavy atom. The highest BCUT2D eigenvalue weighted by molar-refractivity contribution is 5.57. The van der Waals surface area contributed by atoms with E-state index >= 15 is 0 Å². The molecule has 0 amide bonds. The van der Waals surface area contributed by atoms with Crippen molar-refractivity contribution in [1.82, 2.24) is 0 Å². The zero-order valence-corrected chi connectivity index (χ0v) is 7.77. The monoisotopic (exact) mass is 186 g/mol. The third-order valence-corrected chi connectivity index (χ3v) is 1.87. The van der Waals surface area contributed by atoms with Crippen molar-refractivity contribution in [2.75, 3.05) is 0 Å². The summed E-state index contributed by atoms with van der Waals surface area (Å²) in [5.41, 5.74) is 0. The molecule has 1 fully saturated rings. The van der Waals surface area contributed by atoms with Crippen LogP contribution < -0.4 is 0 Å². The molecule has 1 aliphatic rings. The van der Waals surface area contributed by atoms with E-state index in [4.69, 9.17) is 9.47 Å². The molecule has 4 nitrogen and oxygen atoms in total. The van der Waals surface area contributed by atoms with Crippen LogP contribution in [0.4, 0.5) is 0 Å². The number of carbonyl (C=O) groups excluding carboxylic acids is 1. The molecule has 3 unspecified atom stereocenters. The minimum absolute atomic E-state index is 0.435. The van der Waals surface area contributed by atoms with Crippen molar-refractivity contribution in [3.05, 3.63) is 12.7 Å². The van der Waals surface area contributed by atoms with Gasteiger partial charge in [-0.2, -0.15) is 0 Å². The fourth-order valence-corrected chi connectivity index (χ4v) is 1.34. The van der Waals surface area contributed by atoms with Crippen molar-refractivity contribution in [1.29, 1.82) is 0 Å². The summed E-state index contributed by atoms with van der Waals surface area (Å²) in [6.45, 7) is 6.99. The van der Waals surface area contributed by atoms with Gasteiger partial charge in [-0.15, -0.1) is 6.58 Å². The lowest BCUT2D eigenvalue weighted by Crippen LogP contribution is -2.35. The lowest BCUT2D eigenvalue weighted by Gasteiger charge is -2.17. The number of aliphatic hydroxyl groups excluding tert-OH is 1. The third kappa shape index (κ3) is 2.15. The second kappa shape index (κ2) is 3.57. The van der Waals surface area contributed by atoms with Crippen molar-refractivity contribution >= 4 is 6.29 Å². The fourth-order valence-electron chi connectivity index (χ4n) is 1.34. The number of rotatable bonds is 3. The van der Waals surface area contributed by atoms with E-state index in [1.54, 1.807) is 13.8 Å². The standard InChI is InChI=1S/C9H14O4/c1-4-7-8(6(11)5-10)13-9(2,3)12-7/h4-8,11H,1H2,2-3H3. The smallest absolute Gasteiger partial charge is 0.164 e. The third-order valence-electron chi connectivity index (χ3n) is 1.87. The van der Waals surface area contributed by atoms with Crippen molar-refractivity contribution in [2.24, 2.45) is 0 Å². The molecule has 0 spiro atoms.